The molecule has 0 fully saturated rings. The molecule has 164 valence electrons. The molecule has 8 heteroatoms. The highest BCUT2D eigenvalue weighted by molar-refractivity contribution is 6.31. The minimum Gasteiger partial charge on any atom is -0.494 e. The molecule has 2 aromatic rings. The average molecular weight is 444 g/mol. The number of ether oxygens (including phenoxy) is 2. The van der Waals surface area contributed by atoms with Crippen LogP contribution in [-0.4, -0.2) is 42.3 Å². The molecule has 0 radical (unpaired) electrons. The highest BCUT2D eigenvalue weighted by Crippen LogP contribution is 2.27. The summed E-state index contributed by atoms with van der Waals surface area (Å²) < 4.78 is 11.3. The van der Waals surface area contributed by atoms with Crippen molar-refractivity contribution in [1.29, 1.82) is 0 Å². The summed E-state index contributed by atoms with van der Waals surface area (Å²) in [5.74, 6) is 0.776. The summed E-state index contributed by atoms with van der Waals surface area (Å²) in [6.45, 7) is 4.78. The Morgan fingerprint density at radius 1 is 1.29 bits per heavy atom. The zero-order valence-electron chi connectivity index (χ0n) is 17.1. The van der Waals surface area contributed by atoms with Gasteiger partial charge < -0.3 is 14.6 Å². The van der Waals surface area contributed by atoms with Crippen LogP contribution >= 0.6 is 11.6 Å². The number of hydrogen-bond donors (Lipinski definition) is 3. The van der Waals surface area contributed by atoms with Gasteiger partial charge >= 0.3 is 0 Å². The van der Waals surface area contributed by atoms with Crippen LogP contribution in [0.5, 0.6) is 5.75 Å². The number of amides is 1. The van der Waals surface area contributed by atoms with Gasteiger partial charge in [-0.05, 0) is 35.9 Å². The lowest BCUT2D eigenvalue weighted by atomic mass is 9.97. The summed E-state index contributed by atoms with van der Waals surface area (Å²) in [4.78, 5) is 17.5. The van der Waals surface area contributed by atoms with Crippen LogP contribution in [0.4, 0.5) is 0 Å². The molecule has 0 aliphatic carbocycles. The molecular formula is C23H26ClN3O4. The third-order valence-corrected chi connectivity index (χ3v) is 5.15. The fraction of sp³-hybridized carbons (Fsp3) is 0.304. The second kappa shape index (κ2) is 10.9. The zero-order valence-corrected chi connectivity index (χ0v) is 17.9. The first-order chi connectivity index (χ1) is 15.1. The summed E-state index contributed by atoms with van der Waals surface area (Å²) in [7, 11) is 0. The number of halogens is 1. The molecule has 0 bridgehead atoms. The summed E-state index contributed by atoms with van der Waals surface area (Å²) in [6, 6.07) is 14.7. The first-order valence-electron chi connectivity index (χ1n) is 10.0. The molecule has 2 aromatic carbocycles. The Labute approximate surface area is 186 Å². The zero-order chi connectivity index (χ0) is 22.1. The number of nitrogens with one attached hydrogen (secondary N) is 2. The first kappa shape index (κ1) is 22.8. The first-order valence-corrected chi connectivity index (χ1v) is 10.4. The van der Waals surface area contributed by atoms with E-state index in [9.17, 15) is 4.79 Å². The largest absolute Gasteiger partial charge is 0.494 e. The van der Waals surface area contributed by atoms with Crippen LogP contribution in [0.2, 0.25) is 5.02 Å². The number of benzene rings is 2. The van der Waals surface area contributed by atoms with Gasteiger partial charge in [-0.25, -0.2) is 10.4 Å². The Kier molecular flexibility index (Phi) is 8.06. The van der Waals surface area contributed by atoms with Crippen LogP contribution in [0.3, 0.4) is 0 Å². The molecule has 0 saturated carbocycles. The number of carbonyl (C=O) groups excluding carboxylic acids is 1. The van der Waals surface area contributed by atoms with E-state index in [-0.39, 0.29) is 19.1 Å². The second-order valence-corrected chi connectivity index (χ2v) is 7.49. The predicted molar refractivity (Wildman–Crippen MR) is 120 cm³/mol. The van der Waals surface area contributed by atoms with Crippen LogP contribution in [-0.2, 0) is 16.1 Å². The molecule has 0 spiro atoms. The topological polar surface area (TPSA) is 92.2 Å². The molecule has 31 heavy (non-hydrogen) atoms. The van der Waals surface area contributed by atoms with Crippen molar-refractivity contribution in [2.45, 2.75) is 24.9 Å². The summed E-state index contributed by atoms with van der Waals surface area (Å²) in [5.41, 5.74) is 6.15. The minimum atomic E-state index is -1.10. The maximum Gasteiger partial charge on any atom is 0.266 e. The number of carbonyl (C=O) groups is 1. The Morgan fingerprint density at radius 2 is 2.06 bits per heavy atom. The smallest absolute Gasteiger partial charge is 0.266 e. The molecule has 0 unspecified atom stereocenters. The lowest BCUT2D eigenvalue weighted by Crippen LogP contribution is -2.51. The van der Waals surface area contributed by atoms with Gasteiger partial charge in [0, 0.05) is 36.6 Å². The predicted octanol–water partition coefficient (Wildman–Crippen LogP) is 3.01. The van der Waals surface area contributed by atoms with E-state index in [0.717, 1.165) is 11.1 Å². The van der Waals surface area contributed by atoms with Gasteiger partial charge in [0.25, 0.3) is 5.91 Å². The average Bonchev–Trinajstić information content (AvgIpc) is 3.21. The van der Waals surface area contributed by atoms with E-state index in [1.807, 2.05) is 30.3 Å². The van der Waals surface area contributed by atoms with Crippen molar-refractivity contribution in [3.8, 4) is 5.75 Å². The molecule has 0 aromatic heterocycles. The van der Waals surface area contributed by atoms with Gasteiger partial charge in [0.2, 0.25) is 5.90 Å². The van der Waals surface area contributed by atoms with Crippen molar-refractivity contribution in [2.75, 3.05) is 19.8 Å². The SMILES string of the molecule is C=CC[C@@]1(C(=O)NNCc2ccccc2Cl)COC(c2ccc(OCCCO)cc2)=N1. The lowest BCUT2D eigenvalue weighted by Gasteiger charge is -2.21. The van der Waals surface area contributed by atoms with E-state index in [2.05, 4.69) is 22.4 Å². The summed E-state index contributed by atoms with van der Waals surface area (Å²) in [5, 5.41) is 9.45. The van der Waals surface area contributed by atoms with Crippen molar-refractivity contribution >= 4 is 23.4 Å². The Bertz CT molecular complexity index is 933. The molecule has 1 amide bonds. The lowest BCUT2D eigenvalue weighted by molar-refractivity contribution is -0.127. The van der Waals surface area contributed by atoms with E-state index < -0.39 is 5.54 Å². The molecule has 0 saturated heterocycles. The van der Waals surface area contributed by atoms with E-state index >= 15 is 0 Å². The van der Waals surface area contributed by atoms with Crippen molar-refractivity contribution in [2.24, 2.45) is 4.99 Å². The van der Waals surface area contributed by atoms with Gasteiger partial charge in [0.1, 0.15) is 12.4 Å². The maximum atomic E-state index is 12.9. The van der Waals surface area contributed by atoms with E-state index in [0.29, 0.717) is 42.7 Å². The van der Waals surface area contributed by atoms with Gasteiger partial charge in [0.15, 0.2) is 5.54 Å². The van der Waals surface area contributed by atoms with Gasteiger partial charge in [0.05, 0.1) is 6.61 Å². The number of rotatable bonds is 11. The molecule has 1 atom stereocenters. The van der Waals surface area contributed by atoms with Crippen molar-refractivity contribution in [3.63, 3.8) is 0 Å². The summed E-state index contributed by atoms with van der Waals surface area (Å²) >= 11 is 6.15. The molecular weight excluding hydrogens is 418 g/mol. The second-order valence-electron chi connectivity index (χ2n) is 7.08. The van der Waals surface area contributed by atoms with Crippen LogP contribution in [0.15, 0.2) is 66.2 Å². The molecule has 3 rings (SSSR count). The van der Waals surface area contributed by atoms with Gasteiger partial charge in [-0.3, -0.25) is 10.2 Å². The van der Waals surface area contributed by atoms with Crippen molar-refractivity contribution in [3.05, 3.63) is 77.3 Å². The summed E-state index contributed by atoms with van der Waals surface area (Å²) in [6.07, 6.45) is 2.56. The van der Waals surface area contributed by atoms with Gasteiger partial charge in [-0.1, -0.05) is 35.9 Å². The number of hydrogen-bond acceptors (Lipinski definition) is 6. The fourth-order valence-corrected chi connectivity index (χ4v) is 3.28. The van der Waals surface area contributed by atoms with Gasteiger partial charge in [-0.15, -0.1) is 6.58 Å². The third kappa shape index (κ3) is 5.85. The van der Waals surface area contributed by atoms with Crippen LogP contribution in [0.25, 0.3) is 0 Å². The molecule has 1 aliphatic rings. The minimum absolute atomic E-state index is 0.0867. The number of aliphatic imine (C=N–C) groups is 1. The highest BCUT2D eigenvalue weighted by atomic mass is 35.5. The fourth-order valence-electron chi connectivity index (χ4n) is 3.07. The maximum absolute atomic E-state index is 12.9. The van der Waals surface area contributed by atoms with Crippen LogP contribution in [0.1, 0.15) is 24.0 Å². The standard InChI is InChI=1S/C23H26ClN3O4/c1-2-12-23(22(29)27-25-15-18-6-3-4-7-20(18)24)16-31-21(26-23)17-8-10-19(11-9-17)30-14-5-13-28/h2-4,6-11,25,28H,1,5,12-16H2,(H,27,29)/t23-/m0/s1. The quantitative estimate of drug-likeness (QED) is 0.282. The highest BCUT2D eigenvalue weighted by Gasteiger charge is 2.43. The Balaban J connectivity index is 1.65. The Morgan fingerprint density at radius 3 is 2.77 bits per heavy atom. The van der Waals surface area contributed by atoms with E-state index in [4.69, 9.17) is 26.2 Å². The number of aliphatic hydroxyl groups excluding tert-OH is 1. The molecule has 7 nitrogen and oxygen atoms in total. The number of aliphatic hydroxyl groups is 1. The monoisotopic (exact) mass is 443 g/mol. The van der Waals surface area contributed by atoms with Crippen LogP contribution in [0, 0.1) is 0 Å². The van der Waals surface area contributed by atoms with Crippen LogP contribution < -0.4 is 15.6 Å². The number of nitrogens with zero attached hydrogens (tertiary/aromatic N) is 1. The van der Waals surface area contributed by atoms with Crippen molar-refractivity contribution < 1.29 is 19.4 Å². The third-order valence-electron chi connectivity index (χ3n) is 4.78. The number of hydrazine groups is 1. The van der Waals surface area contributed by atoms with Gasteiger partial charge in [-0.2, -0.15) is 0 Å². The molecule has 1 aliphatic heterocycles. The molecule has 3 N–H and O–H groups in total. The van der Waals surface area contributed by atoms with Crippen molar-refractivity contribution in [1.82, 2.24) is 10.9 Å². The van der Waals surface area contributed by atoms with E-state index in [1.165, 1.54) is 0 Å². The molecule has 1 heterocycles. The normalized spacial score (nSPS) is 17.5. The van der Waals surface area contributed by atoms with E-state index in [1.54, 1.807) is 24.3 Å². The Hall–Kier alpha value is -2.87.